The fraction of sp³-hybridized carbons (Fsp3) is 0.611. The third-order valence-corrected chi connectivity index (χ3v) is 4.33. The number of nitrogens with zero attached hydrogens (tertiary/aromatic N) is 2. The first-order valence-corrected chi connectivity index (χ1v) is 8.57. The van der Waals surface area contributed by atoms with Gasteiger partial charge in [-0.05, 0) is 50.6 Å². The molecule has 1 aromatic carbocycles. The zero-order chi connectivity index (χ0) is 17.4. The van der Waals surface area contributed by atoms with Gasteiger partial charge in [-0.3, -0.25) is 9.89 Å². The van der Waals surface area contributed by atoms with Gasteiger partial charge in [0.15, 0.2) is 5.96 Å². The minimum atomic E-state index is 0. The maximum atomic E-state index is 6.02. The third kappa shape index (κ3) is 6.99. The van der Waals surface area contributed by atoms with Gasteiger partial charge in [0.05, 0.1) is 26.3 Å². The quantitative estimate of drug-likeness (QED) is 0.353. The molecule has 2 rings (SSSR count). The molecule has 6 nitrogen and oxygen atoms in total. The van der Waals surface area contributed by atoms with Crippen LogP contribution in [0.5, 0.6) is 5.75 Å². The molecule has 0 aromatic heterocycles. The van der Waals surface area contributed by atoms with Gasteiger partial charge in [-0.15, -0.1) is 24.0 Å². The summed E-state index contributed by atoms with van der Waals surface area (Å²) in [6, 6.07) is 8.64. The van der Waals surface area contributed by atoms with Crippen LogP contribution in [0.25, 0.3) is 0 Å². The minimum absolute atomic E-state index is 0. The van der Waals surface area contributed by atoms with Crippen LogP contribution >= 0.6 is 24.0 Å². The van der Waals surface area contributed by atoms with Crippen LogP contribution in [0.15, 0.2) is 29.3 Å². The van der Waals surface area contributed by atoms with Crippen molar-refractivity contribution in [2.24, 2.45) is 10.7 Å². The lowest BCUT2D eigenvalue weighted by Crippen LogP contribution is -2.41. The number of nitrogens with one attached hydrogen (secondary N) is 1. The van der Waals surface area contributed by atoms with E-state index in [0.29, 0.717) is 19.1 Å². The van der Waals surface area contributed by atoms with E-state index in [-0.39, 0.29) is 36.1 Å². The molecule has 0 bridgehead atoms. The molecule has 0 saturated carbocycles. The van der Waals surface area contributed by atoms with E-state index in [4.69, 9.17) is 15.2 Å². The summed E-state index contributed by atoms with van der Waals surface area (Å²) in [5.74, 6) is 1.34. The highest BCUT2D eigenvalue weighted by Gasteiger charge is 2.23. The van der Waals surface area contributed by atoms with E-state index in [2.05, 4.69) is 27.3 Å². The summed E-state index contributed by atoms with van der Waals surface area (Å²) >= 11 is 0. The molecule has 0 aliphatic carbocycles. The second-order valence-electron chi connectivity index (χ2n) is 6.26. The van der Waals surface area contributed by atoms with Gasteiger partial charge in [0, 0.05) is 13.2 Å². The molecular weight excluding hydrogens is 431 g/mol. The van der Waals surface area contributed by atoms with E-state index in [1.165, 1.54) is 18.4 Å². The largest absolute Gasteiger partial charge is 0.497 e. The molecule has 1 saturated heterocycles. The first kappa shape index (κ1) is 22.0. The maximum absolute atomic E-state index is 6.02. The Bertz CT molecular complexity index is 518. The lowest BCUT2D eigenvalue weighted by atomic mass is 10.1. The molecule has 142 valence electrons. The molecule has 1 heterocycles. The van der Waals surface area contributed by atoms with Gasteiger partial charge in [0.2, 0.25) is 0 Å². The van der Waals surface area contributed by atoms with Crippen LogP contribution < -0.4 is 15.8 Å². The Morgan fingerprint density at radius 3 is 2.44 bits per heavy atom. The Morgan fingerprint density at radius 1 is 1.24 bits per heavy atom. The fourth-order valence-electron chi connectivity index (χ4n) is 3.09. The highest BCUT2D eigenvalue weighted by Crippen LogP contribution is 2.26. The Labute approximate surface area is 168 Å². The van der Waals surface area contributed by atoms with Gasteiger partial charge in [-0.1, -0.05) is 12.1 Å². The number of hydrogen-bond acceptors (Lipinski definition) is 4. The highest BCUT2D eigenvalue weighted by molar-refractivity contribution is 14.0. The zero-order valence-electron chi connectivity index (χ0n) is 15.4. The van der Waals surface area contributed by atoms with E-state index in [1.54, 1.807) is 14.2 Å². The number of aliphatic imine (C=N–C) groups is 1. The van der Waals surface area contributed by atoms with E-state index in [0.717, 1.165) is 18.8 Å². The molecule has 3 N–H and O–H groups in total. The number of halogens is 1. The van der Waals surface area contributed by atoms with Gasteiger partial charge in [-0.25, -0.2) is 0 Å². The smallest absolute Gasteiger partial charge is 0.188 e. The molecule has 1 aliphatic rings. The Kier molecular flexibility index (Phi) is 10.1. The molecule has 0 spiro atoms. The SMILES string of the molecule is COCC(C)NC(N)=NCC(c1ccc(OC)cc1)N1CCCC1.I. The maximum Gasteiger partial charge on any atom is 0.188 e. The Hall–Kier alpha value is -1.06. The van der Waals surface area contributed by atoms with Crippen molar-refractivity contribution in [1.82, 2.24) is 10.2 Å². The van der Waals surface area contributed by atoms with Crippen LogP contribution in [0.3, 0.4) is 0 Å². The van der Waals surface area contributed by atoms with Crippen molar-refractivity contribution < 1.29 is 9.47 Å². The van der Waals surface area contributed by atoms with E-state index < -0.39 is 0 Å². The lowest BCUT2D eigenvalue weighted by Gasteiger charge is -2.27. The number of likely N-dealkylation sites (tertiary alicyclic amines) is 1. The average molecular weight is 462 g/mol. The van der Waals surface area contributed by atoms with Gasteiger partial charge in [0.25, 0.3) is 0 Å². The van der Waals surface area contributed by atoms with Crippen molar-refractivity contribution >= 4 is 29.9 Å². The minimum Gasteiger partial charge on any atom is -0.497 e. The Balaban J connectivity index is 0.00000312. The summed E-state index contributed by atoms with van der Waals surface area (Å²) in [6.45, 7) is 5.49. The van der Waals surface area contributed by atoms with Crippen LogP contribution in [0.2, 0.25) is 0 Å². The number of benzene rings is 1. The topological polar surface area (TPSA) is 72.1 Å². The molecule has 0 radical (unpaired) electrons. The number of ether oxygens (including phenoxy) is 2. The Morgan fingerprint density at radius 2 is 1.88 bits per heavy atom. The first-order chi connectivity index (χ1) is 11.6. The van der Waals surface area contributed by atoms with Crippen molar-refractivity contribution in [3.8, 4) is 5.75 Å². The van der Waals surface area contributed by atoms with Gasteiger partial charge >= 0.3 is 0 Å². The first-order valence-electron chi connectivity index (χ1n) is 8.57. The summed E-state index contributed by atoms with van der Waals surface area (Å²) in [6.07, 6.45) is 2.49. The van der Waals surface area contributed by atoms with Crippen LogP contribution in [0.4, 0.5) is 0 Å². The van der Waals surface area contributed by atoms with Crippen molar-refractivity contribution in [1.29, 1.82) is 0 Å². The van der Waals surface area contributed by atoms with Crippen molar-refractivity contribution in [2.75, 3.05) is 40.5 Å². The molecule has 0 amide bonds. The fourth-order valence-corrected chi connectivity index (χ4v) is 3.09. The summed E-state index contributed by atoms with van der Waals surface area (Å²) in [7, 11) is 3.36. The number of hydrogen-bond donors (Lipinski definition) is 2. The number of rotatable bonds is 8. The van der Waals surface area contributed by atoms with Crippen LogP contribution in [0.1, 0.15) is 31.4 Å². The molecule has 25 heavy (non-hydrogen) atoms. The number of guanidine groups is 1. The second kappa shape index (κ2) is 11.5. The van der Waals surface area contributed by atoms with Crippen molar-refractivity contribution in [3.63, 3.8) is 0 Å². The molecule has 1 aliphatic heterocycles. The normalized spacial score (nSPS) is 17.6. The number of nitrogens with two attached hydrogens (primary N) is 1. The molecule has 1 fully saturated rings. The number of methoxy groups -OCH3 is 2. The molecular formula is C18H31IN4O2. The predicted octanol–water partition coefficient (Wildman–Crippen LogP) is 2.39. The van der Waals surface area contributed by atoms with Gasteiger partial charge in [-0.2, -0.15) is 0 Å². The zero-order valence-corrected chi connectivity index (χ0v) is 17.7. The molecule has 2 unspecified atom stereocenters. The monoisotopic (exact) mass is 462 g/mol. The highest BCUT2D eigenvalue weighted by atomic mass is 127. The molecule has 7 heteroatoms. The van der Waals surface area contributed by atoms with Gasteiger partial charge < -0.3 is 20.5 Å². The molecule has 2 atom stereocenters. The van der Waals surface area contributed by atoms with Crippen molar-refractivity contribution in [3.05, 3.63) is 29.8 Å². The predicted molar refractivity (Wildman–Crippen MR) is 113 cm³/mol. The molecule has 1 aromatic rings. The van der Waals surface area contributed by atoms with E-state index in [9.17, 15) is 0 Å². The van der Waals surface area contributed by atoms with Crippen LogP contribution in [-0.4, -0.2) is 57.4 Å². The van der Waals surface area contributed by atoms with Crippen molar-refractivity contribution in [2.45, 2.75) is 31.8 Å². The second-order valence-corrected chi connectivity index (χ2v) is 6.26. The van der Waals surface area contributed by atoms with Crippen LogP contribution in [0, 0.1) is 0 Å². The standard InChI is InChI=1S/C18H30N4O2.HI/c1-14(13-23-2)21-18(19)20-12-17(22-10-4-5-11-22)15-6-8-16(24-3)9-7-15;/h6-9,14,17H,4-5,10-13H2,1-3H3,(H3,19,20,21);1H. The lowest BCUT2D eigenvalue weighted by molar-refractivity contribution is 0.179. The summed E-state index contributed by atoms with van der Waals surface area (Å²) < 4.78 is 10.4. The summed E-state index contributed by atoms with van der Waals surface area (Å²) in [5, 5.41) is 3.16. The summed E-state index contributed by atoms with van der Waals surface area (Å²) in [4.78, 5) is 7.05. The summed E-state index contributed by atoms with van der Waals surface area (Å²) in [5.41, 5.74) is 7.27. The third-order valence-electron chi connectivity index (χ3n) is 4.33. The van der Waals surface area contributed by atoms with E-state index in [1.807, 2.05) is 19.1 Å². The van der Waals surface area contributed by atoms with E-state index >= 15 is 0 Å². The average Bonchev–Trinajstić information content (AvgIpc) is 3.10. The van der Waals surface area contributed by atoms with Crippen LogP contribution in [-0.2, 0) is 4.74 Å². The van der Waals surface area contributed by atoms with Gasteiger partial charge in [0.1, 0.15) is 5.75 Å².